The highest BCUT2D eigenvalue weighted by molar-refractivity contribution is 5.75. The van der Waals surface area contributed by atoms with E-state index >= 15 is 0 Å². The van der Waals surface area contributed by atoms with Crippen LogP contribution in [0.2, 0.25) is 0 Å². The van der Waals surface area contributed by atoms with Crippen molar-refractivity contribution in [2.24, 2.45) is 0 Å². The molecule has 1 aliphatic rings. The molecule has 0 saturated carbocycles. The number of nitrogens with two attached hydrogens (primary N) is 1. The average Bonchev–Trinajstić information content (AvgIpc) is 2.90. The first-order valence-electron chi connectivity index (χ1n) is 7.05. The van der Waals surface area contributed by atoms with E-state index in [0.717, 1.165) is 24.3 Å². The Morgan fingerprint density at radius 2 is 2.15 bits per heavy atom. The van der Waals surface area contributed by atoms with E-state index in [2.05, 4.69) is 5.32 Å². The van der Waals surface area contributed by atoms with Crippen molar-refractivity contribution in [1.82, 2.24) is 10.2 Å². The maximum atomic E-state index is 12.3. The van der Waals surface area contributed by atoms with E-state index in [-0.39, 0.29) is 18.1 Å². The first-order chi connectivity index (χ1) is 9.56. The number of nitrogens with one attached hydrogen (secondary N) is 1. The Labute approximate surface area is 120 Å². The summed E-state index contributed by atoms with van der Waals surface area (Å²) in [6.07, 6.45) is 0.888. The molecule has 20 heavy (non-hydrogen) atoms. The van der Waals surface area contributed by atoms with Crippen molar-refractivity contribution in [3.8, 4) is 0 Å². The van der Waals surface area contributed by atoms with E-state index in [1.54, 1.807) is 0 Å². The molecule has 2 rings (SSSR count). The number of benzene rings is 1. The third-order valence-electron chi connectivity index (χ3n) is 3.47. The summed E-state index contributed by atoms with van der Waals surface area (Å²) in [5.74, 6) is 0. The Bertz CT molecular complexity index is 439. The van der Waals surface area contributed by atoms with Crippen LogP contribution in [0.5, 0.6) is 0 Å². The topological polar surface area (TPSA) is 67.6 Å². The molecule has 0 radical (unpaired) electrons. The van der Waals surface area contributed by atoms with Crippen LogP contribution >= 0.6 is 0 Å². The maximum Gasteiger partial charge on any atom is 0.318 e. The van der Waals surface area contributed by atoms with Crippen molar-refractivity contribution >= 4 is 11.7 Å². The number of hydrogen-bond acceptors (Lipinski definition) is 3. The maximum absolute atomic E-state index is 12.3. The summed E-state index contributed by atoms with van der Waals surface area (Å²) in [5, 5.41) is 3.03. The minimum atomic E-state index is -0.0349. The van der Waals surface area contributed by atoms with Crippen molar-refractivity contribution < 1.29 is 9.53 Å². The van der Waals surface area contributed by atoms with Gasteiger partial charge < -0.3 is 20.7 Å². The molecule has 1 aliphatic heterocycles. The number of hydrogen-bond donors (Lipinski definition) is 2. The standard InChI is InChI=1S/C15H23N3O2/c1-11(2)18(9-12-3-5-13(16)6-4-12)15(19)17-14-7-8-20-10-14/h3-6,11,14H,7-10,16H2,1-2H3,(H,17,19). The van der Waals surface area contributed by atoms with Crippen LogP contribution in [0.25, 0.3) is 0 Å². The molecule has 1 heterocycles. The van der Waals surface area contributed by atoms with Crippen molar-refractivity contribution in [2.75, 3.05) is 18.9 Å². The number of carbonyl (C=O) groups is 1. The van der Waals surface area contributed by atoms with Crippen molar-refractivity contribution in [2.45, 2.75) is 38.9 Å². The average molecular weight is 277 g/mol. The van der Waals surface area contributed by atoms with Gasteiger partial charge in [-0.3, -0.25) is 0 Å². The van der Waals surface area contributed by atoms with E-state index in [1.807, 2.05) is 43.0 Å². The molecule has 0 bridgehead atoms. The molecule has 1 aromatic carbocycles. The lowest BCUT2D eigenvalue weighted by atomic mass is 10.2. The molecular weight excluding hydrogens is 254 g/mol. The van der Waals surface area contributed by atoms with E-state index in [4.69, 9.17) is 10.5 Å². The minimum absolute atomic E-state index is 0.0349. The number of amides is 2. The number of urea groups is 1. The molecule has 1 saturated heterocycles. The van der Waals surface area contributed by atoms with Crippen molar-refractivity contribution in [1.29, 1.82) is 0 Å². The highest BCUT2D eigenvalue weighted by atomic mass is 16.5. The predicted molar refractivity (Wildman–Crippen MR) is 79.3 cm³/mol. The van der Waals surface area contributed by atoms with Gasteiger partial charge in [0.15, 0.2) is 0 Å². The Kier molecular flexibility index (Phi) is 4.84. The van der Waals surface area contributed by atoms with Gasteiger partial charge in [0.05, 0.1) is 12.6 Å². The number of carbonyl (C=O) groups excluding carboxylic acids is 1. The first kappa shape index (κ1) is 14.7. The second-order valence-corrected chi connectivity index (χ2v) is 5.47. The third-order valence-corrected chi connectivity index (χ3v) is 3.47. The Hall–Kier alpha value is -1.75. The quantitative estimate of drug-likeness (QED) is 0.827. The van der Waals surface area contributed by atoms with Gasteiger partial charge in [-0.05, 0) is 38.0 Å². The molecule has 0 aromatic heterocycles. The normalized spacial score (nSPS) is 18.2. The summed E-state index contributed by atoms with van der Waals surface area (Å²) in [5.41, 5.74) is 7.49. The minimum Gasteiger partial charge on any atom is -0.399 e. The van der Waals surface area contributed by atoms with E-state index in [9.17, 15) is 4.79 Å². The van der Waals surface area contributed by atoms with Gasteiger partial charge in [0.2, 0.25) is 0 Å². The van der Waals surface area contributed by atoms with Gasteiger partial charge in [-0.15, -0.1) is 0 Å². The summed E-state index contributed by atoms with van der Waals surface area (Å²) >= 11 is 0. The predicted octanol–water partition coefficient (Wildman–Crippen LogP) is 1.98. The van der Waals surface area contributed by atoms with Crippen LogP contribution < -0.4 is 11.1 Å². The lowest BCUT2D eigenvalue weighted by Crippen LogP contribution is -2.47. The molecule has 1 atom stereocenters. The number of ether oxygens (including phenoxy) is 1. The van der Waals surface area contributed by atoms with Gasteiger partial charge >= 0.3 is 6.03 Å². The van der Waals surface area contributed by atoms with E-state index in [0.29, 0.717) is 13.2 Å². The molecule has 110 valence electrons. The Morgan fingerprint density at radius 3 is 2.70 bits per heavy atom. The zero-order valence-corrected chi connectivity index (χ0v) is 12.1. The van der Waals surface area contributed by atoms with Crippen LogP contribution in [0.1, 0.15) is 25.8 Å². The summed E-state index contributed by atoms with van der Waals surface area (Å²) in [7, 11) is 0. The van der Waals surface area contributed by atoms with Crippen LogP contribution in [0.4, 0.5) is 10.5 Å². The van der Waals surface area contributed by atoms with Crippen LogP contribution in [-0.2, 0) is 11.3 Å². The SMILES string of the molecule is CC(C)N(Cc1ccc(N)cc1)C(=O)NC1CCOC1. The fourth-order valence-electron chi connectivity index (χ4n) is 2.21. The highest BCUT2D eigenvalue weighted by Gasteiger charge is 2.23. The zero-order chi connectivity index (χ0) is 14.5. The number of anilines is 1. The third kappa shape index (κ3) is 3.87. The fourth-order valence-corrected chi connectivity index (χ4v) is 2.21. The summed E-state index contributed by atoms with van der Waals surface area (Å²) in [6, 6.07) is 7.86. The van der Waals surface area contributed by atoms with Crippen molar-refractivity contribution in [3.05, 3.63) is 29.8 Å². The number of nitrogens with zero attached hydrogens (tertiary/aromatic N) is 1. The molecule has 0 aliphatic carbocycles. The summed E-state index contributed by atoms with van der Waals surface area (Å²) in [6.45, 7) is 5.95. The largest absolute Gasteiger partial charge is 0.399 e. The Morgan fingerprint density at radius 1 is 1.45 bits per heavy atom. The molecule has 0 spiro atoms. The molecule has 5 heteroatoms. The van der Waals surface area contributed by atoms with Gasteiger partial charge in [0.1, 0.15) is 0 Å². The first-order valence-corrected chi connectivity index (χ1v) is 7.05. The molecule has 5 nitrogen and oxygen atoms in total. The molecule has 2 amide bonds. The van der Waals surface area contributed by atoms with Crippen LogP contribution in [0.3, 0.4) is 0 Å². The van der Waals surface area contributed by atoms with Gasteiger partial charge in [0.25, 0.3) is 0 Å². The van der Waals surface area contributed by atoms with Crippen LogP contribution in [-0.4, -0.2) is 36.2 Å². The summed E-state index contributed by atoms with van der Waals surface area (Å²) < 4.78 is 5.28. The van der Waals surface area contributed by atoms with Crippen LogP contribution in [0, 0.1) is 0 Å². The zero-order valence-electron chi connectivity index (χ0n) is 12.1. The number of rotatable bonds is 4. The van der Waals surface area contributed by atoms with Gasteiger partial charge in [-0.25, -0.2) is 4.79 Å². The van der Waals surface area contributed by atoms with E-state index in [1.165, 1.54) is 0 Å². The molecule has 1 aromatic rings. The second kappa shape index (κ2) is 6.61. The molecule has 3 N–H and O–H groups in total. The van der Waals surface area contributed by atoms with Gasteiger partial charge in [-0.1, -0.05) is 12.1 Å². The smallest absolute Gasteiger partial charge is 0.318 e. The fraction of sp³-hybridized carbons (Fsp3) is 0.533. The second-order valence-electron chi connectivity index (χ2n) is 5.47. The molecular formula is C15H23N3O2. The summed E-state index contributed by atoms with van der Waals surface area (Å²) in [4.78, 5) is 14.2. The number of nitrogen functional groups attached to an aromatic ring is 1. The Balaban J connectivity index is 1.98. The van der Waals surface area contributed by atoms with Crippen molar-refractivity contribution in [3.63, 3.8) is 0 Å². The van der Waals surface area contributed by atoms with Crippen LogP contribution in [0.15, 0.2) is 24.3 Å². The highest BCUT2D eigenvalue weighted by Crippen LogP contribution is 2.12. The van der Waals surface area contributed by atoms with Gasteiger partial charge in [-0.2, -0.15) is 0 Å². The molecule has 1 fully saturated rings. The lowest BCUT2D eigenvalue weighted by Gasteiger charge is -2.28. The monoisotopic (exact) mass is 277 g/mol. The van der Waals surface area contributed by atoms with Gasteiger partial charge in [0, 0.05) is 24.9 Å². The lowest BCUT2D eigenvalue weighted by molar-refractivity contribution is 0.167. The molecule has 1 unspecified atom stereocenters. The van der Waals surface area contributed by atoms with E-state index < -0.39 is 0 Å².